The van der Waals surface area contributed by atoms with Crippen LogP contribution in [0.2, 0.25) is 0 Å². The van der Waals surface area contributed by atoms with Crippen molar-refractivity contribution in [2.24, 2.45) is 5.92 Å². The second-order valence-electron chi connectivity index (χ2n) is 5.80. The topological polar surface area (TPSA) is 90.3 Å². The molecule has 1 fully saturated rings. The van der Waals surface area contributed by atoms with Gasteiger partial charge >= 0.3 is 0 Å². The number of benzene rings is 1. The zero-order valence-electron chi connectivity index (χ0n) is 12.4. The number of carbonyl (C=O) groups excluding carboxylic acids is 1. The zero-order valence-corrected chi connectivity index (χ0v) is 13.2. The van der Waals surface area contributed by atoms with Gasteiger partial charge < -0.3 is 5.32 Å². The fraction of sp³-hybridized carbons (Fsp3) is 0.467. The van der Waals surface area contributed by atoms with Crippen LogP contribution in [0.15, 0.2) is 17.0 Å². The first-order chi connectivity index (χ1) is 10.9. The van der Waals surface area contributed by atoms with Gasteiger partial charge in [0.1, 0.15) is 10.7 Å². The molecule has 23 heavy (non-hydrogen) atoms. The third-order valence-electron chi connectivity index (χ3n) is 4.31. The van der Waals surface area contributed by atoms with Gasteiger partial charge in [0, 0.05) is 31.1 Å². The molecule has 2 heterocycles. The summed E-state index contributed by atoms with van der Waals surface area (Å²) in [5.41, 5.74) is 0.956. The summed E-state index contributed by atoms with van der Waals surface area (Å²) in [6.07, 6.45) is 1.56. The van der Waals surface area contributed by atoms with Gasteiger partial charge in [-0.05, 0) is 37.0 Å². The summed E-state index contributed by atoms with van der Waals surface area (Å²) in [5.74, 6) is -1.22. The Labute approximate surface area is 133 Å². The highest BCUT2D eigenvalue weighted by Crippen LogP contribution is 2.31. The lowest BCUT2D eigenvalue weighted by molar-refractivity contribution is -0.116. The summed E-state index contributed by atoms with van der Waals surface area (Å²) < 4.78 is 40.9. The molecule has 0 aromatic heterocycles. The van der Waals surface area contributed by atoms with Gasteiger partial charge in [-0.1, -0.05) is 0 Å². The van der Waals surface area contributed by atoms with Crippen LogP contribution in [-0.4, -0.2) is 31.7 Å². The number of halogens is 1. The Kier molecular flexibility index (Phi) is 4.08. The van der Waals surface area contributed by atoms with E-state index in [4.69, 9.17) is 5.26 Å². The second-order valence-corrected chi connectivity index (χ2v) is 7.70. The lowest BCUT2D eigenvalue weighted by Gasteiger charge is -2.29. The Hall–Kier alpha value is -1.98. The molecular weight excluding hydrogens is 321 g/mol. The number of hydrogen-bond donors (Lipinski definition) is 1. The molecule has 1 aromatic carbocycles. The molecule has 0 aliphatic carbocycles. The summed E-state index contributed by atoms with van der Waals surface area (Å²) in [6.45, 7) is 0.432. The van der Waals surface area contributed by atoms with Crippen LogP contribution in [0.5, 0.6) is 0 Å². The van der Waals surface area contributed by atoms with E-state index in [1.807, 2.05) is 0 Å². The van der Waals surface area contributed by atoms with Gasteiger partial charge in [0.15, 0.2) is 0 Å². The molecule has 8 heteroatoms. The van der Waals surface area contributed by atoms with Gasteiger partial charge in [0.2, 0.25) is 15.9 Å². The van der Waals surface area contributed by atoms with Crippen LogP contribution in [0, 0.1) is 23.1 Å². The van der Waals surface area contributed by atoms with E-state index in [2.05, 4.69) is 11.4 Å². The van der Waals surface area contributed by atoms with Crippen molar-refractivity contribution >= 4 is 21.6 Å². The number of rotatable bonds is 2. The van der Waals surface area contributed by atoms with E-state index in [1.165, 1.54) is 10.4 Å². The van der Waals surface area contributed by atoms with Crippen molar-refractivity contribution in [3.63, 3.8) is 0 Å². The SMILES string of the molecule is N#CC1CCN(S(=O)(=O)c2cc3c(cc2F)NC(=O)CC3)CC1. The molecule has 0 bridgehead atoms. The fourth-order valence-electron chi connectivity index (χ4n) is 2.94. The molecule has 1 N–H and O–H groups in total. The van der Waals surface area contributed by atoms with Gasteiger partial charge in [-0.25, -0.2) is 12.8 Å². The molecule has 0 spiro atoms. The van der Waals surface area contributed by atoms with Crippen molar-refractivity contribution in [1.29, 1.82) is 5.26 Å². The number of carbonyl (C=O) groups is 1. The minimum atomic E-state index is -3.94. The maximum atomic E-state index is 14.3. The van der Waals surface area contributed by atoms with E-state index < -0.39 is 15.8 Å². The number of sulfonamides is 1. The molecule has 0 atom stereocenters. The van der Waals surface area contributed by atoms with E-state index >= 15 is 0 Å². The fourth-order valence-corrected chi connectivity index (χ4v) is 4.51. The standard InChI is InChI=1S/C15H16FN3O3S/c16-12-8-13-11(1-2-15(20)18-13)7-14(12)23(21,22)19-5-3-10(9-17)4-6-19/h7-8,10H,1-6H2,(H,18,20). The number of aryl methyl sites for hydroxylation is 1. The van der Waals surface area contributed by atoms with Crippen LogP contribution in [0.1, 0.15) is 24.8 Å². The van der Waals surface area contributed by atoms with Crippen LogP contribution in [-0.2, 0) is 21.2 Å². The van der Waals surface area contributed by atoms with E-state index in [9.17, 15) is 17.6 Å². The highest BCUT2D eigenvalue weighted by molar-refractivity contribution is 7.89. The van der Waals surface area contributed by atoms with Crippen molar-refractivity contribution in [1.82, 2.24) is 4.31 Å². The molecule has 6 nitrogen and oxygen atoms in total. The molecule has 1 aromatic rings. The smallest absolute Gasteiger partial charge is 0.245 e. The molecule has 0 saturated carbocycles. The average Bonchev–Trinajstić information content (AvgIpc) is 2.54. The summed E-state index contributed by atoms with van der Waals surface area (Å²) in [6, 6.07) is 4.52. The van der Waals surface area contributed by atoms with Crippen molar-refractivity contribution in [3.05, 3.63) is 23.5 Å². The van der Waals surface area contributed by atoms with E-state index in [0.717, 1.165) is 6.07 Å². The highest BCUT2D eigenvalue weighted by atomic mass is 32.2. The first-order valence-corrected chi connectivity index (χ1v) is 8.88. The van der Waals surface area contributed by atoms with Crippen LogP contribution in [0.4, 0.5) is 10.1 Å². The van der Waals surface area contributed by atoms with Gasteiger partial charge in [-0.2, -0.15) is 9.57 Å². The van der Waals surface area contributed by atoms with Crippen molar-refractivity contribution < 1.29 is 17.6 Å². The predicted octanol–water partition coefficient (Wildman–Crippen LogP) is 1.63. The number of nitriles is 1. The van der Waals surface area contributed by atoms with Gasteiger partial charge in [0.05, 0.1) is 6.07 Å². The summed E-state index contributed by atoms with van der Waals surface area (Å²) >= 11 is 0. The normalized spacial score (nSPS) is 19.7. The van der Waals surface area contributed by atoms with E-state index in [-0.39, 0.29) is 36.2 Å². The number of hydrogen-bond acceptors (Lipinski definition) is 4. The lowest BCUT2D eigenvalue weighted by atomic mass is 10.0. The van der Waals surface area contributed by atoms with Crippen molar-refractivity contribution in [3.8, 4) is 6.07 Å². The molecule has 0 unspecified atom stereocenters. The molecule has 1 amide bonds. The maximum Gasteiger partial charge on any atom is 0.245 e. The zero-order chi connectivity index (χ0) is 16.6. The Morgan fingerprint density at radius 3 is 2.61 bits per heavy atom. The second kappa shape index (κ2) is 5.91. The quantitative estimate of drug-likeness (QED) is 0.888. The predicted molar refractivity (Wildman–Crippen MR) is 80.4 cm³/mol. The molecular formula is C15H16FN3O3S. The minimum Gasteiger partial charge on any atom is -0.326 e. The largest absolute Gasteiger partial charge is 0.326 e. The first kappa shape index (κ1) is 15.9. The van der Waals surface area contributed by atoms with E-state index in [1.54, 1.807) is 0 Å². The third kappa shape index (κ3) is 2.94. The molecule has 2 aliphatic heterocycles. The molecule has 122 valence electrons. The van der Waals surface area contributed by atoms with Gasteiger partial charge in [-0.3, -0.25) is 4.79 Å². The van der Waals surface area contributed by atoms with Crippen molar-refractivity contribution in [2.75, 3.05) is 18.4 Å². The summed E-state index contributed by atoms with van der Waals surface area (Å²) in [5, 5.41) is 11.4. The number of nitrogens with one attached hydrogen (secondary N) is 1. The molecule has 0 radical (unpaired) electrons. The average molecular weight is 337 g/mol. The highest BCUT2D eigenvalue weighted by Gasteiger charge is 2.32. The van der Waals surface area contributed by atoms with Gasteiger partial charge in [-0.15, -0.1) is 0 Å². The minimum absolute atomic E-state index is 0.148. The Morgan fingerprint density at radius 2 is 1.96 bits per heavy atom. The Bertz CT molecular complexity index is 793. The number of nitrogens with zero attached hydrogens (tertiary/aromatic N) is 2. The number of fused-ring (bicyclic) bond motifs is 1. The van der Waals surface area contributed by atoms with E-state index in [0.29, 0.717) is 30.5 Å². The third-order valence-corrected chi connectivity index (χ3v) is 6.22. The number of piperidine rings is 1. The van der Waals surface area contributed by atoms with Gasteiger partial charge in [0.25, 0.3) is 0 Å². The number of amides is 1. The monoisotopic (exact) mass is 337 g/mol. The first-order valence-electron chi connectivity index (χ1n) is 7.44. The maximum absolute atomic E-state index is 14.3. The molecule has 1 saturated heterocycles. The Morgan fingerprint density at radius 1 is 1.26 bits per heavy atom. The van der Waals surface area contributed by atoms with Crippen LogP contribution < -0.4 is 5.32 Å². The molecule has 2 aliphatic rings. The lowest BCUT2D eigenvalue weighted by Crippen LogP contribution is -2.38. The van der Waals surface area contributed by atoms with Crippen molar-refractivity contribution in [2.45, 2.75) is 30.6 Å². The summed E-state index contributed by atoms with van der Waals surface area (Å²) in [4.78, 5) is 11.0. The van der Waals surface area contributed by atoms with Crippen LogP contribution >= 0.6 is 0 Å². The van der Waals surface area contributed by atoms with Crippen LogP contribution in [0.3, 0.4) is 0 Å². The molecule has 3 rings (SSSR count). The Balaban J connectivity index is 1.92. The van der Waals surface area contributed by atoms with Crippen LogP contribution in [0.25, 0.3) is 0 Å². The number of anilines is 1. The summed E-state index contributed by atoms with van der Waals surface area (Å²) in [7, 11) is -3.94.